The molecule has 0 bridgehead atoms. The van der Waals surface area contributed by atoms with Gasteiger partial charge < -0.3 is 14.4 Å². The maximum atomic E-state index is 12.6. The van der Waals surface area contributed by atoms with Gasteiger partial charge in [-0.2, -0.15) is 11.3 Å². The lowest BCUT2D eigenvalue weighted by molar-refractivity contribution is -0.134. The summed E-state index contributed by atoms with van der Waals surface area (Å²) in [6, 6.07) is 10.2. The van der Waals surface area contributed by atoms with Crippen LogP contribution in [0.5, 0.6) is 5.75 Å². The molecule has 0 spiro atoms. The number of carbonyl (C=O) groups excluding carboxylic acids is 1. The molecule has 2 aromatic rings. The summed E-state index contributed by atoms with van der Waals surface area (Å²) in [7, 11) is 3.45. The largest absolute Gasteiger partial charge is 0.497 e. The maximum Gasteiger partial charge on any atom is 0.227 e. The van der Waals surface area contributed by atoms with Gasteiger partial charge in [-0.25, -0.2) is 0 Å². The summed E-state index contributed by atoms with van der Waals surface area (Å²) in [5.74, 6) is 1.40. The van der Waals surface area contributed by atoms with E-state index in [9.17, 15) is 4.79 Å². The van der Waals surface area contributed by atoms with Crippen LogP contribution in [0, 0.1) is 5.92 Å². The SMILES string of the molecule is COc1ccc(C[C@@H]2CN(C(=O)Cc3ccsc3)CC[C@@H]2OC)cc1. The Morgan fingerprint density at radius 2 is 2.00 bits per heavy atom. The van der Waals surface area contributed by atoms with Crippen molar-refractivity contribution in [1.82, 2.24) is 4.90 Å². The third-order valence-electron chi connectivity index (χ3n) is 4.91. The van der Waals surface area contributed by atoms with Gasteiger partial charge >= 0.3 is 0 Å². The molecule has 0 unspecified atom stereocenters. The van der Waals surface area contributed by atoms with Gasteiger partial charge in [0, 0.05) is 26.1 Å². The lowest BCUT2D eigenvalue weighted by Crippen LogP contribution is -2.47. The number of rotatable bonds is 6. The molecule has 134 valence electrons. The van der Waals surface area contributed by atoms with Crippen LogP contribution in [0.4, 0.5) is 0 Å². The summed E-state index contributed by atoms with van der Waals surface area (Å²) >= 11 is 1.64. The van der Waals surface area contributed by atoms with Crippen molar-refractivity contribution in [2.45, 2.75) is 25.4 Å². The molecule has 1 aromatic carbocycles. The fraction of sp³-hybridized carbons (Fsp3) is 0.450. The Hall–Kier alpha value is -1.85. The minimum Gasteiger partial charge on any atom is -0.497 e. The Kier molecular flexibility index (Phi) is 6.10. The molecule has 1 saturated heterocycles. The lowest BCUT2D eigenvalue weighted by Gasteiger charge is -2.38. The van der Waals surface area contributed by atoms with Gasteiger partial charge in [0.2, 0.25) is 5.91 Å². The predicted molar refractivity (Wildman–Crippen MR) is 100 cm³/mol. The summed E-state index contributed by atoms with van der Waals surface area (Å²) in [6.45, 7) is 1.54. The number of likely N-dealkylation sites (tertiary alicyclic amines) is 1. The Morgan fingerprint density at radius 1 is 1.20 bits per heavy atom. The number of benzene rings is 1. The highest BCUT2D eigenvalue weighted by molar-refractivity contribution is 7.08. The van der Waals surface area contributed by atoms with Crippen LogP contribution in [-0.2, 0) is 22.4 Å². The molecular formula is C20H25NO3S. The minimum absolute atomic E-state index is 0.201. The van der Waals surface area contributed by atoms with E-state index in [1.165, 1.54) is 5.56 Å². The molecule has 0 radical (unpaired) electrons. The Bertz CT molecular complexity index is 669. The van der Waals surface area contributed by atoms with Crippen LogP contribution in [-0.4, -0.2) is 44.2 Å². The molecule has 1 aliphatic heterocycles. The van der Waals surface area contributed by atoms with Crippen molar-refractivity contribution in [3.8, 4) is 5.75 Å². The van der Waals surface area contributed by atoms with E-state index in [2.05, 4.69) is 17.5 Å². The van der Waals surface area contributed by atoms with Crippen LogP contribution in [0.15, 0.2) is 41.1 Å². The number of carbonyl (C=O) groups is 1. The van der Waals surface area contributed by atoms with Gasteiger partial charge in [-0.1, -0.05) is 12.1 Å². The smallest absolute Gasteiger partial charge is 0.227 e. The van der Waals surface area contributed by atoms with Crippen LogP contribution in [0.25, 0.3) is 0 Å². The molecule has 1 aromatic heterocycles. The monoisotopic (exact) mass is 359 g/mol. The van der Waals surface area contributed by atoms with E-state index in [-0.39, 0.29) is 12.0 Å². The van der Waals surface area contributed by atoms with E-state index in [4.69, 9.17) is 9.47 Å². The Morgan fingerprint density at radius 3 is 2.64 bits per heavy atom. The number of hydrogen-bond donors (Lipinski definition) is 0. The molecule has 2 heterocycles. The quantitative estimate of drug-likeness (QED) is 0.793. The summed E-state index contributed by atoms with van der Waals surface area (Å²) < 4.78 is 10.9. The number of ether oxygens (including phenoxy) is 2. The maximum absolute atomic E-state index is 12.6. The minimum atomic E-state index is 0.201. The van der Waals surface area contributed by atoms with Crippen molar-refractivity contribution in [2.24, 2.45) is 5.92 Å². The van der Waals surface area contributed by atoms with E-state index < -0.39 is 0 Å². The van der Waals surface area contributed by atoms with Gasteiger partial charge in [0.25, 0.3) is 0 Å². The molecule has 0 N–H and O–H groups in total. The second kappa shape index (κ2) is 8.50. The fourth-order valence-electron chi connectivity index (χ4n) is 3.49. The number of hydrogen-bond acceptors (Lipinski definition) is 4. The number of piperidine rings is 1. The first-order valence-corrected chi connectivity index (χ1v) is 9.58. The summed E-state index contributed by atoms with van der Waals surface area (Å²) in [5, 5.41) is 4.07. The molecule has 25 heavy (non-hydrogen) atoms. The van der Waals surface area contributed by atoms with Crippen molar-refractivity contribution < 1.29 is 14.3 Å². The molecule has 2 atom stereocenters. The van der Waals surface area contributed by atoms with Gasteiger partial charge in [0.1, 0.15) is 5.75 Å². The standard InChI is InChI=1S/C20H25NO3S/c1-23-18-5-3-15(4-6-18)11-17-13-21(9-7-19(17)24-2)20(22)12-16-8-10-25-14-16/h3-6,8,10,14,17,19H,7,9,11-13H2,1-2H3/t17-,19+/m1/s1. The van der Waals surface area contributed by atoms with E-state index in [0.717, 1.165) is 37.2 Å². The summed E-state index contributed by atoms with van der Waals surface area (Å²) in [4.78, 5) is 14.6. The Labute approximate surface area is 153 Å². The van der Waals surface area contributed by atoms with Gasteiger partial charge in [-0.3, -0.25) is 4.79 Å². The van der Waals surface area contributed by atoms with Crippen LogP contribution in [0.3, 0.4) is 0 Å². The normalized spacial score (nSPS) is 20.5. The second-order valence-corrected chi connectivity index (χ2v) is 7.30. The molecule has 3 rings (SSSR count). The molecule has 4 nitrogen and oxygen atoms in total. The molecular weight excluding hydrogens is 334 g/mol. The van der Waals surface area contributed by atoms with Crippen molar-refractivity contribution in [3.05, 3.63) is 52.2 Å². The van der Waals surface area contributed by atoms with E-state index >= 15 is 0 Å². The summed E-state index contributed by atoms with van der Waals surface area (Å²) in [6.07, 6.45) is 2.50. The zero-order valence-electron chi connectivity index (χ0n) is 14.8. The van der Waals surface area contributed by atoms with Gasteiger partial charge in [0.05, 0.1) is 19.6 Å². The zero-order valence-corrected chi connectivity index (χ0v) is 15.6. The van der Waals surface area contributed by atoms with Crippen molar-refractivity contribution in [3.63, 3.8) is 0 Å². The van der Waals surface area contributed by atoms with E-state index in [0.29, 0.717) is 12.3 Å². The molecule has 1 aliphatic rings. The Balaban J connectivity index is 1.64. The van der Waals surface area contributed by atoms with Crippen molar-refractivity contribution in [2.75, 3.05) is 27.3 Å². The topological polar surface area (TPSA) is 38.8 Å². The highest BCUT2D eigenvalue weighted by atomic mass is 32.1. The first-order chi connectivity index (χ1) is 12.2. The van der Waals surface area contributed by atoms with Crippen molar-refractivity contribution in [1.29, 1.82) is 0 Å². The summed E-state index contributed by atoms with van der Waals surface area (Å²) in [5.41, 5.74) is 2.36. The van der Waals surface area contributed by atoms with E-state index in [1.807, 2.05) is 28.5 Å². The van der Waals surface area contributed by atoms with Gasteiger partial charge in [0.15, 0.2) is 0 Å². The van der Waals surface area contributed by atoms with Crippen LogP contribution in [0.1, 0.15) is 17.5 Å². The number of nitrogens with zero attached hydrogens (tertiary/aromatic N) is 1. The predicted octanol–water partition coefficient (Wildman–Crippen LogP) is 3.41. The van der Waals surface area contributed by atoms with Gasteiger partial charge in [-0.15, -0.1) is 0 Å². The number of amides is 1. The highest BCUT2D eigenvalue weighted by Gasteiger charge is 2.31. The van der Waals surface area contributed by atoms with Crippen molar-refractivity contribution >= 4 is 17.2 Å². The molecule has 0 aliphatic carbocycles. The average Bonchev–Trinajstić information content (AvgIpc) is 3.15. The molecule has 1 fully saturated rings. The average molecular weight is 359 g/mol. The second-order valence-electron chi connectivity index (χ2n) is 6.52. The van der Waals surface area contributed by atoms with Crippen LogP contribution in [0.2, 0.25) is 0 Å². The first-order valence-electron chi connectivity index (χ1n) is 8.64. The number of thiophene rings is 1. The van der Waals surface area contributed by atoms with E-state index in [1.54, 1.807) is 25.6 Å². The van der Waals surface area contributed by atoms with Crippen LogP contribution >= 0.6 is 11.3 Å². The third-order valence-corrected chi connectivity index (χ3v) is 5.64. The molecule has 5 heteroatoms. The lowest BCUT2D eigenvalue weighted by atomic mass is 9.88. The highest BCUT2D eigenvalue weighted by Crippen LogP contribution is 2.25. The molecule has 0 saturated carbocycles. The fourth-order valence-corrected chi connectivity index (χ4v) is 4.16. The first kappa shape index (κ1) is 18.0. The number of methoxy groups -OCH3 is 2. The third kappa shape index (κ3) is 4.61. The van der Waals surface area contributed by atoms with Gasteiger partial charge in [-0.05, 0) is 52.9 Å². The zero-order chi connectivity index (χ0) is 17.6. The van der Waals surface area contributed by atoms with Crippen LogP contribution < -0.4 is 4.74 Å². The molecule has 1 amide bonds.